The van der Waals surface area contributed by atoms with Crippen LogP contribution >= 0.6 is 0 Å². The van der Waals surface area contributed by atoms with Gasteiger partial charge in [0.15, 0.2) is 5.65 Å². The number of carbonyl (C=O) groups is 1. The lowest BCUT2D eigenvalue weighted by Crippen LogP contribution is -2.05. The van der Waals surface area contributed by atoms with Crippen molar-refractivity contribution >= 4 is 39.1 Å². The largest absolute Gasteiger partial charge is 0.465 e. The highest BCUT2D eigenvalue weighted by atomic mass is 16.5. The predicted molar refractivity (Wildman–Crippen MR) is 109 cm³/mol. The van der Waals surface area contributed by atoms with E-state index in [0.717, 1.165) is 38.7 Å². The molecule has 136 valence electrons. The standard InChI is InChI=1S/C23H17N3O2/c1-28-23(27)16-8-6-7-15(13-16)14-26-20-12-5-2-9-17(20)21-22(26)25-19-11-4-3-10-18(19)24-21/h2-13H,14H2,1H3. The lowest BCUT2D eigenvalue weighted by atomic mass is 10.1. The van der Waals surface area contributed by atoms with Crippen LogP contribution in [0.15, 0.2) is 72.8 Å². The van der Waals surface area contributed by atoms with Gasteiger partial charge in [0.2, 0.25) is 0 Å². The number of fused-ring (bicyclic) bond motifs is 4. The third-order valence-electron chi connectivity index (χ3n) is 4.95. The summed E-state index contributed by atoms with van der Waals surface area (Å²) in [7, 11) is 1.39. The van der Waals surface area contributed by atoms with E-state index >= 15 is 0 Å². The molecule has 5 rings (SSSR count). The van der Waals surface area contributed by atoms with E-state index in [2.05, 4.69) is 16.7 Å². The van der Waals surface area contributed by atoms with E-state index in [1.54, 1.807) is 6.07 Å². The van der Waals surface area contributed by atoms with Crippen LogP contribution in [-0.4, -0.2) is 27.6 Å². The number of methoxy groups -OCH3 is 1. The zero-order valence-corrected chi connectivity index (χ0v) is 15.3. The number of carbonyl (C=O) groups excluding carboxylic acids is 1. The lowest BCUT2D eigenvalue weighted by molar-refractivity contribution is 0.0600. The van der Waals surface area contributed by atoms with Gasteiger partial charge in [-0.3, -0.25) is 0 Å². The Morgan fingerprint density at radius 1 is 0.929 bits per heavy atom. The Hall–Kier alpha value is -3.73. The van der Waals surface area contributed by atoms with E-state index in [1.165, 1.54) is 7.11 Å². The van der Waals surface area contributed by atoms with Crippen molar-refractivity contribution in [3.05, 3.63) is 83.9 Å². The van der Waals surface area contributed by atoms with E-state index < -0.39 is 0 Å². The van der Waals surface area contributed by atoms with Gasteiger partial charge in [-0.15, -0.1) is 0 Å². The molecule has 0 saturated heterocycles. The number of para-hydroxylation sites is 3. The summed E-state index contributed by atoms with van der Waals surface area (Å²) in [6, 6.07) is 23.6. The lowest BCUT2D eigenvalue weighted by Gasteiger charge is -2.08. The number of rotatable bonds is 3. The van der Waals surface area contributed by atoms with Gasteiger partial charge in [-0.2, -0.15) is 0 Å². The second kappa shape index (κ2) is 6.46. The molecular formula is C23H17N3O2. The number of aromatic nitrogens is 3. The van der Waals surface area contributed by atoms with Crippen LogP contribution in [0.1, 0.15) is 15.9 Å². The van der Waals surface area contributed by atoms with Gasteiger partial charge in [0.25, 0.3) is 0 Å². The molecule has 2 aromatic heterocycles. The number of hydrogen-bond donors (Lipinski definition) is 0. The number of hydrogen-bond acceptors (Lipinski definition) is 4. The van der Waals surface area contributed by atoms with Crippen LogP contribution in [0.2, 0.25) is 0 Å². The summed E-state index contributed by atoms with van der Waals surface area (Å²) in [5.41, 5.74) is 6.07. The Labute approximate surface area is 161 Å². The summed E-state index contributed by atoms with van der Waals surface area (Å²) in [5.74, 6) is -0.338. The predicted octanol–water partition coefficient (Wildman–Crippen LogP) is 4.57. The second-order valence-electron chi connectivity index (χ2n) is 6.68. The summed E-state index contributed by atoms with van der Waals surface area (Å²) in [5, 5.41) is 1.07. The van der Waals surface area contributed by atoms with Crippen LogP contribution in [0, 0.1) is 0 Å². The molecule has 0 unspecified atom stereocenters. The van der Waals surface area contributed by atoms with Gasteiger partial charge in [0, 0.05) is 11.9 Å². The van der Waals surface area contributed by atoms with Crippen molar-refractivity contribution in [2.45, 2.75) is 6.54 Å². The van der Waals surface area contributed by atoms with Crippen molar-refractivity contribution in [1.29, 1.82) is 0 Å². The quantitative estimate of drug-likeness (QED) is 0.438. The van der Waals surface area contributed by atoms with Gasteiger partial charge in [-0.1, -0.05) is 42.5 Å². The van der Waals surface area contributed by atoms with Gasteiger partial charge < -0.3 is 9.30 Å². The average molecular weight is 367 g/mol. The first kappa shape index (κ1) is 16.4. The van der Waals surface area contributed by atoms with Crippen molar-refractivity contribution < 1.29 is 9.53 Å². The van der Waals surface area contributed by atoms with Crippen LogP contribution < -0.4 is 0 Å². The minimum absolute atomic E-state index is 0.338. The Kier molecular flexibility index (Phi) is 3.79. The Morgan fingerprint density at radius 2 is 1.68 bits per heavy atom. The van der Waals surface area contributed by atoms with E-state index in [1.807, 2.05) is 54.6 Å². The molecule has 0 aliphatic rings. The van der Waals surface area contributed by atoms with E-state index in [9.17, 15) is 4.79 Å². The molecule has 0 amide bonds. The molecule has 5 nitrogen and oxygen atoms in total. The molecule has 0 radical (unpaired) electrons. The highest BCUT2D eigenvalue weighted by molar-refractivity contribution is 6.06. The number of benzene rings is 3. The summed E-state index contributed by atoms with van der Waals surface area (Å²) >= 11 is 0. The monoisotopic (exact) mass is 367 g/mol. The maximum Gasteiger partial charge on any atom is 0.337 e. The van der Waals surface area contributed by atoms with Gasteiger partial charge in [-0.05, 0) is 35.9 Å². The number of nitrogens with zero attached hydrogens (tertiary/aromatic N) is 3. The molecule has 0 aliphatic heterocycles. The molecule has 5 aromatic rings. The molecule has 3 aromatic carbocycles. The maximum atomic E-state index is 11.9. The Bertz CT molecular complexity index is 1350. The molecule has 2 heterocycles. The van der Waals surface area contributed by atoms with Crippen molar-refractivity contribution in [3.63, 3.8) is 0 Å². The highest BCUT2D eigenvalue weighted by Crippen LogP contribution is 2.29. The molecule has 0 bridgehead atoms. The smallest absolute Gasteiger partial charge is 0.337 e. The first-order valence-corrected chi connectivity index (χ1v) is 9.05. The highest BCUT2D eigenvalue weighted by Gasteiger charge is 2.15. The topological polar surface area (TPSA) is 57.0 Å². The molecule has 5 heteroatoms. The molecule has 0 atom stereocenters. The fraction of sp³-hybridized carbons (Fsp3) is 0.0870. The third-order valence-corrected chi connectivity index (χ3v) is 4.95. The minimum Gasteiger partial charge on any atom is -0.465 e. The first-order valence-electron chi connectivity index (χ1n) is 9.05. The number of esters is 1. The first-order chi connectivity index (χ1) is 13.7. The summed E-state index contributed by atoms with van der Waals surface area (Å²) in [4.78, 5) is 21.7. The summed E-state index contributed by atoms with van der Waals surface area (Å²) in [6.45, 7) is 0.585. The fourth-order valence-electron chi connectivity index (χ4n) is 3.64. The van der Waals surface area contributed by atoms with Crippen LogP contribution in [0.5, 0.6) is 0 Å². The van der Waals surface area contributed by atoms with E-state index in [0.29, 0.717) is 12.1 Å². The number of ether oxygens (including phenoxy) is 1. The van der Waals surface area contributed by atoms with Crippen molar-refractivity contribution in [2.75, 3.05) is 7.11 Å². The molecule has 0 aliphatic carbocycles. The zero-order chi connectivity index (χ0) is 19.1. The van der Waals surface area contributed by atoms with Gasteiger partial charge >= 0.3 is 5.97 Å². The van der Waals surface area contributed by atoms with Gasteiger partial charge in [-0.25, -0.2) is 14.8 Å². The van der Waals surface area contributed by atoms with Gasteiger partial charge in [0.05, 0.1) is 29.2 Å². The molecule has 0 N–H and O–H groups in total. The zero-order valence-electron chi connectivity index (χ0n) is 15.3. The molecule has 0 fully saturated rings. The Balaban J connectivity index is 1.74. The van der Waals surface area contributed by atoms with Crippen molar-refractivity contribution in [1.82, 2.24) is 14.5 Å². The van der Waals surface area contributed by atoms with Crippen LogP contribution in [0.4, 0.5) is 0 Å². The van der Waals surface area contributed by atoms with Crippen LogP contribution in [0.3, 0.4) is 0 Å². The maximum absolute atomic E-state index is 11.9. The van der Waals surface area contributed by atoms with Crippen LogP contribution in [-0.2, 0) is 11.3 Å². The van der Waals surface area contributed by atoms with Crippen molar-refractivity contribution in [2.24, 2.45) is 0 Å². The summed E-state index contributed by atoms with van der Waals surface area (Å²) < 4.78 is 7.00. The average Bonchev–Trinajstić information content (AvgIpc) is 3.05. The van der Waals surface area contributed by atoms with Crippen molar-refractivity contribution in [3.8, 4) is 0 Å². The SMILES string of the molecule is COC(=O)c1cccc(Cn2c3ccccc3c3nc4ccccc4nc32)c1. The minimum atomic E-state index is -0.338. The molecule has 0 spiro atoms. The van der Waals surface area contributed by atoms with Gasteiger partial charge in [0.1, 0.15) is 5.52 Å². The Morgan fingerprint density at radius 3 is 2.50 bits per heavy atom. The molecule has 0 saturated carbocycles. The van der Waals surface area contributed by atoms with E-state index in [4.69, 9.17) is 14.7 Å². The molecule has 28 heavy (non-hydrogen) atoms. The van der Waals surface area contributed by atoms with E-state index in [-0.39, 0.29) is 5.97 Å². The second-order valence-corrected chi connectivity index (χ2v) is 6.68. The summed E-state index contributed by atoms with van der Waals surface area (Å²) in [6.07, 6.45) is 0. The normalized spacial score (nSPS) is 11.3. The fourth-order valence-corrected chi connectivity index (χ4v) is 3.64. The molecular weight excluding hydrogens is 350 g/mol. The van der Waals surface area contributed by atoms with Crippen LogP contribution in [0.25, 0.3) is 33.1 Å². The third kappa shape index (κ3) is 2.60.